The van der Waals surface area contributed by atoms with E-state index in [1.165, 1.54) is 0 Å². The highest BCUT2D eigenvalue weighted by Gasteiger charge is 2.14. The summed E-state index contributed by atoms with van der Waals surface area (Å²) in [6, 6.07) is 5.98. The molecular formula is C11H18N2O2. The molecule has 0 aliphatic rings. The van der Waals surface area contributed by atoms with Gasteiger partial charge in [-0.05, 0) is 19.1 Å². The van der Waals surface area contributed by atoms with Gasteiger partial charge in [-0.15, -0.1) is 0 Å². The normalized spacial score (nSPS) is 13.1. The summed E-state index contributed by atoms with van der Waals surface area (Å²) in [6.07, 6.45) is 1.56. The van der Waals surface area contributed by atoms with E-state index in [0.717, 1.165) is 5.69 Å². The van der Waals surface area contributed by atoms with E-state index in [2.05, 4.69) is 10.3 Å². The van der Waals surface area contributed by atoms with Crippen LogP contribution in [0.3, 0.4) is 0 Å². The van der Waals surface area contributed by atoms with Crippen LogP contribution in [0.2, 0.25) is 0 Å². The fourth-order valence-corrected chi connectivity index (χ4v) is 1.37. The molecule has 0 bridgehead atoms. The Labute approximate surface area is 90.6 Å². The molecule has 4 heteroatoms. The number of rotatable bonds is 6. The van der Waals surface area contributed by atoms with Crippen molar-refractivity contribution < 1.29 is 9.47 Å². The summed E-state index contributed by atoms with van der Waals surface area (Å²) >= 11 is 0. The van der Waals surface area contributed by atoms with Gasteiger partial charge in [0.05, 0.1) is 11.7 Å². The largest absolute Gasteiger partial charge is 0.354 e. The molecule has 1 N–H and O–H groups in total. The van der Waals surface area contributed by atoms with Gasteiger partial charge in [0.1, 0.15) is 0 Å². The number of nitrogens with zero attached hydrogens (tertiary/aromatic N) is 1. The molecule has 0 spiro atoms. The highest BCUT2D eigenvalue weighted by Crippen LogP contribution is 2.00. The number of aromatic nitrogens is 1. The first-order chi connectivity index (χ1) is 7.27. The van der Waals surface area contributed by atoms with Crippen LogP contribution in [0.25, 0.3) is 0 Å². The fourth-order valence-electron chi connectivity index (χ4n) is 1.37. The van der Waals surface area contributed by atoms with Gasteiger partial charge < -0.3 is 14.8 Å². The van der Waals surface area contributed by atoms with Crippen molar-refractivity contribution in [1.82, 2.24) is 10.3 Å². The van der Waals surface area contributed by atoms with E-state index < -0.39 is 0 Å². The Hall–Kier alpha value is -0.970. The number of pyridine rings is 1. The van der Waals surface area contributed by atoms with E-state index in [1.54, 1.807) is 20.4 Å². The van der Waals surface area contributed by atoms with E-state index >= 15 is 0 Å². The van der Waals surface area contributed by atoms with Crippen LogP contribution in [0.15, 0.2) is 24.4 Å². The van der Waals surface area contributed by atoms with Crippen molar-refractivity contribution >= 4 is 0 Å². The van der Waals surface area contributed by atoms with Crippen molar-refractivity contribution in [2.24, 2.45) is 0 Å². The first-order valence-electron chi connectivity index (χ1n) is 4.96. The molecular weight excluding hydrogens is 192 g/mol. The summed E-state index contributed by atoms with van der Waals surface area (Å²) in [6.45, 7) is 2.73. The van der Waals surface area contributed by atoms with Crippen LogP contribution in [0.4, 0.5) is 0 Å². The Kier molecular flexibility index (Phi) is 5.25. The second kappa shape index (κ2) is 6.50. The van der Waals surface area contributed by atoms with Gasteiger partial charge in [0, 0.05) is 27.0 Å². The average Bonchev–Trinajstić information content (AvgIpc) is 2.29. The van der Waals surface area contributed by atoms with Crippen molar-refractivity contribution in [2.45, 2.75) is 25.8 Å². The number of ether oxygens (including phenoxy) is 2. The molecule has 1 unspecified atom stereocenters. The first-order valence-corrected chi connectivity index (χ1v) is 4.96. The maximum absolute atomic E-state index is 5.14. The maximum Gasteiger partial charge on any atom is 0.171 e. The number of nitrogens with one attached hydrogen (secondary N) is 1. The minimum absolute atomic E-state index is 0.127. The van der Waals surface area contributed by atoms with Crippen LogP contribution in [-0.4, -0.2) is 31.5 Å². The summed E-state index contributed by atoms with van der Waals surface area (Å²) < 4.78 is 10.3. The molecule has 1 rings (SSSR count). The Morgan fingerprint density at radius 3 is 2.60 bits per heavy atom. The van der Waals surface area contributed by atoms with Crippen molar-refractivity contribution in [3.05, 3.63) is 30.1 Å². The quantitative estimate of drug-likeness (QED) is 0.716. The summed E-state index contributed by atoms with van der Waals surface area (Å²) in [5.41, 5.74) is 1.01. The molecule has 15 heavy (non-hydrogen) atoms. The van der Waals surface area contributed by atoms with Gasteiger partial charge in [-0.25, -0.2) is 0 Å². The van der Waals surface area contributed by atoms with Crippen molar-refractivity contribution in [3.63, 3.8) is 0 Å². The Bertz CT molecular complexity index is 263. The lowest BCUT2D eigenvalue weighted by atomic mass is 10.3. The van der Waals surface area contributed by atoms with E-state index in [-0.39, 0.29) is 12.3 Å². The monoisotopic (exact) mass is 210 g/mol. The van der Waals surface area contributed by atoms with Crippen LogP contribution < -0.4 is 5.32 Å². The molecule has 0 aromatic carbocycles. The van der Waals surface area contributed by atoms with Crippen molar-refractivity contribution in [3.8, 4) is 0 Å². The zero-order valence-electron chi connectivity index (χ0n) is 9.43. The molecule has 1 aromatic heterocycles. The number of hydrogen-bond donors (Lipinski definition) is 1. The molecule has 1 heterocycles. The number of hydrogen-bond acceptors (Lipinski definition) is 4. The van der Waals surface area contributed by atoms with Crippen molar-refractivity contribution in [1.29, 1.82) is 0 Å². The molecule has 1 atom stereocenters. The van der Waals surface area contributed by atoms with Crippen molar-refractivity contribution in [2.75, 3.05) is 14.2 Å². The molecule has 84 valence electrons. The molecule has 0 aliphatic carbocycles. The summed E-state index contributed by atoms with van der Waals surface area (Å²) in [4.78, 5) is 4.22. The van der Waals surface area contributed by atoms with E-state index in [9.17, 15) is 0 Å². The summed E-state index contributed by atoms with van der Waals surface area (Å²) in [5, 5.41) is 3.29. The van der Waals surface area contributed by atoms with E-state index in [0.29, 0.717) is 6.54 Å². The molecule has 0 aliphatic heterocycles. The van der Waals surface area contributed by atoms with Gasteiger partial charge in [0.15, 0.2) is 6.29 Å². The SMILES string of the molecule is COC(OC)C(C)NCc1ccccn1. The lowest BCUT2D eigenvalue weighted by molar-refractivity contribution is -0.119. The highest BCUT2D eigenvalue weighted by atomic mass is 16.7. The Morgan fingerprint density at radius 2 is 2.07 bits per heavy atom. The van der Waals surface area contributed by atoms with Crippen LogP contribution in [0.5, 0.6) is 0 Å². The number of methoxy groups -OCH3 is 2. The highest BCUT2D eigenvalue weighted by molar-refractivity contribution is 5.03. The van der Waals surface area contributed by atoms with Gasteiger partial charge >= 0.3 is 0 Å². The average molecular weight is 210 g/mol. The van der Waals surface area contributed by atoms with E-state index in [4.69, 9.17) is 9.47 Å². The Balaban J connectivity index is 2.36. The predicted octanol–water partition coefficient (Wildman–Crippen LogP) is 1.18. The van der Waals surface area contributed by atoms with Crippen LogP contribution >= 0.6 is 0 Å². The van der Waals surface area contributed by atoms with Crippen LogP contribution in [0.1, 0.15) is 12.6 Å². The third-order valence-electron chi connectivity index (χ3n) is 2.20. The third kappa shape index (κ3) is 3.95. The molecule has 0 fully saturated rings. The lowest BCUT2D eigenvalue weighted by Crippen LogP contribution is -2.39. The minimum Gasteiger partial charge on any atom is -0.354 e. The van der Waals surface area contributed by atoms with Crippen LogP contribution in [0, 0.1) is 0 Å². The second-order valence-electron chi connectivity index (χ2n) is 3.33. The molecule has 0 radical (unpaired) electrons. The van der Waals surface area contributed by atoms with Gasteiger partial charge in [-0.3, -0.25) is 4.98 Å². The first kappa shape index (κ1) is 12.1. The zero-order chi connectivity index (χ0) is 11.1. The maximum atomic E-state index is 5.14. The summed E-state index contributed by atoms with van der Waals surface area (Å²) in [7, 11) is 3.26. The minimum atomic E-state index is -0.228. The molecule has 0 amide bonds. The second-order valence-corrected chi connectivity index (χ2v) is 3.33. The van der Waals surface area contributed by atoms with Gasteiger partial charge in [-0.1, -0.05) is 6.07 Å². The summed E-state index contributed by atoms with van der Waals surface area (Å²) in [5.74, 6) is 0. The predicted molar refractivity (Wildman–Crippen MR) is 58.3 cm³/mol. The lowest BCUT2D eigenvalue weighted by Gasteiger charge is -2.21. The molecule has 0 saturated carbocycles. The zero-order valence-corrected chi connectivity index (χ0v) is 9.43. The Morgan fingerprint density at radius 1 is 1.33 bits per heavy atom. The van der Waals surface area contributed by atoms with E-state index in [1.807, 2.05) is 25.1 Å². The van der Waals surface area contributed by atoms with Gasteiger partial charge in [-0.2, -0.15) is 0 Å². The third-order valence-corrected chi connectivity index (χ3v) is 2.20. The van der Waals surface area contributed by atoms with Gasteiger partial charge in [0.25, 0.3) is 0 Å². The smallest absolute Gasteiger partial charge is 0.171 e. The molecule has 4 nitrogen and oxygen atoms in total. The fraction of sp³-hybridized carbons (Fsp3) is 0.545. The topological polar surface area (TPSA) is 43.4 Å². The molecule has 1 aromatic rings. The molecule has 0 saturated heterocycles. The standard InChI is InChI=1S/C11H18N2O2/c1-9(11(14-2)15-3)13-8-10-6-4-5-7-12-10/h4-7,9,11,13H,8H2,1-3H3. The van der Waals surface area contributed by atoms with Gasteiger partial charge in [0.2, 0.25) is 0 Å². The van der Waals surface area contributed by atoms with Crippen LogP contribution in [-0.2, 0) is 16.0 Å².